The fourth-order valence-corrected chi connectivity index (χ4v) is 3.39. The number of benzene rings is 2. The molecular weight excluding hydrogens is 336 g/mol. The Morgan fingerprint density at radius 2 is 1.74 bits per heavy atom. The van der Waals surface area contributed by atoms with E-state index in [2.05, 4.69) is 24.4 Å². The minimum Gasteiger partial charge on any atom is -0.484 e. The Bertz CT molecular complexity index is 807. The minimum atomic E-state index is -0.00756. The molecule has 0 aliphatic carbocycles. The van der Waals surface area contributed by atoms with Crippen LogP contribution in [0.1, 0.15) is 42.3 Å². The fraction of sp³-hybridized carbons (Fsp3) is 0.348. The topological polar surface area (TPSA) is 41.6 Å². The quantitative estimate of drug-likeness (QED) is 0.808. The molecule has 1 unspecified atom stereocenters. The molecule has 0 fully saturated rings. The number of carbonyl (C=O) groups is 1. The van der Waals surface area contributed by atoms with Crippen LogP contribution in [0.4, 0.5) is 0 Å². The van der Waals surface area contributed by atoms with Gasteiger partial charge in [0.25, 0.3) is 5.91 Å². The van der Waals surface area contributed by atoms with Crippen molar-refractivity contribution < 1.29 is 9.53 Å². The predicted molar refractivity (Wildman–Crippen MR) is 110 cm³/mol. The first-order valence-corrected chi connectivity index (χ1v) is 9.76. The van der Waals surface area contributed by atoms with Gasteiger partial charge in [-0.3, -0.25) is 4.79 Å². The molecule has 1 amide bonds. The Labute approximate surface area is 161 Å². The Hall–Kier alpha value is -2.59. The lowest BCUT2D eigenvalue weighted by Crippen LogP contribution is -2.32. The van der Waals surface area contributed by atoms with Crippen molar-refractivity contribution in [3.8, 4) is 5.75 Å². The van der Waals surface area contributed by atoms with Gasteiger partial charge in [-0.1, -0.05) is 37.3 Å². The van der Waals surface area contributed by atoms with Gasteiger partial charge >= 0.3 is 0 Å². The Morgan fingerprint density at radius 1 is 1.04 bits per heavy atom. The van der Waals surface area contributed by atoms with E-state index in [9.17, 15) is 4.79 Å². The lowest BCUT2D eigenvalue weighted by molar-refractivity contribution is 0.0773. The van der Waals surface area contributed by atoms with Crippen molar-refractivity contribution in [3.63, 3.8) is 0 Å². The van der Waals surface area contributed by atoms with Crippen LogP contribution in [0.5, 0.6) is 5.75 Å². The Balaban J connectivity index is 1.91. The van der Waals surface area contributed by atoms with Gasteiger partial charge in [0.1, 0.15) is 11.9 Å². The van der Waals surface area contributed by atoms with Gasteiger partial charge in [0.05, 0.1) is 0 Å². The van der Waals surface area contributed by atoms with Gasteiger partial charge in [-0.25, -0.2) is 0 Å². The number of rotatable bonds is 7. The van der Waals surface area contributed by atoms with Gasteiger partial charge in [0, 0.05) is 30.8 Å². The number of fused-ring (bicyclic) bond motifs is 1. The maximum Gasteiger partial charge on any atom is 0.253 e. The molecule has 0 aromatic heterocycles. The van der Waals surface area contributed by atoms with Crippen LogP contribution in [0.2, 0.25) is 0 Å². The number of nitrogens with one attached hydrogen (secondary N) is 1. The number of hydrogen-bond donors (Lipinski definition) is 1. The van der Waals surface area contributed by atoms with Gasteiger partial charge in [0.15, 0.2) is 0 Å². The fourth-order valence-electron chi connectivity index (χ4n) is 3.39. The number of amides is 1. The summed E-state index contributed by atoms with van der Waals surface area (Å²) in [4.78, 5) is 14.4. The standard InChI is InChI=1S/C23H28N2O2/c1-4-24-16-19-15-21(20-9-7-8-10-22(20)27-19)17-11-13-18(14-12-17)23(26)25(5-2)6-3/h7-15,19,24H,4-6,16H2,1-3H3. The molecule has 0 saturated carbocycles. The molecule has 1 N–H and O–H groups in total. The first-order valence-electron chi connectivity index (χ1n) is 9.76. The summed E-state index contributed by atoms with van der Waals surface area (Å²) in [7, 11) is 0. The third-order valence-electron chi connectivity index (χ3n) is 4.90. The Kier molecular flexibility index (Phi) is 6.30. The largest absolute Gasteiger partial charge is 0.484 e. The normalized spacial score (nSPS) is 15.5. The zero-order chi connectivity index (χ0) is 19.2. The molecule has 2 aromatic carbocycles. The zero-order valence-corrected chi connectivity index (χ0v) is 16.4. The van der Waals surface area contributed by atoms with E-state index in [0.717, 1.165) is 54.2 Å². The van der Waals surface area contributed by atoms with Crippen LogP contribution in [-0.2, 0) is 0 Å². The second-order valence-corrected chi connectivity index (χ2v) is 6.60. The summed E-state index contributed by atoms with van der Waals surface area (Å²) >= 11 is 0. The van der Waals surface area contributed by atoms with Crippen molar-refractivity contribution in [2.75, 3.05) is 26.2 Å². The van der Waals surface area contributed by atoms with Crippen LogP contribution in [0.25, 0.3) is 5.57 Å². The molecule has 0 spiro atoms. The van der Waals surface area contributed by atoms with E-state index in [1.807, 2.05) is 61.2 Å². The number of likely N-dealkylation sites (N-methyl/N-ethyl adjacent to an activating group) is 1. The summed E-state index contributed by atoms with van der Waals surface area (Å²) in [5.74, 6) is 0.985. The molecule has 4 nitrogen and oxygen atoms in total. The maximum absolute atomic E-state index is 12.5. The highest BCUT2D eigenvalue weighted by atomic mass is 16.5. The van der Waals surface area contributed by atoms with Crippen molar-refractivity contribution in [1.82, 2.24) is 10.2 Å². The summed E-state index contributed by atoms with van der Waals surface area (Å²) in [6.07, 6.45) is 2.17. The molecule has 2 aromatic rings. The molecule has 1 atom stereocenters. The van der Waals surface area contributed by atoms with Crippen molar-refractivity contribution in [2.24, 2.45) is 0 Å². The highest BCUT2D eigenvalue weighted by Crippen LogP contribution is 2.35. The molecule has 27 heavy (non-hydrogen) atoms. The molecule has 0 saturated heterocycles. The number of carbonyl (C=O) groups excluding carboxylic acids is 1. The minimum absolute atomic E-state index is 0.00756. The monoisotopic (exact) mass is 364 g/mol. The maximum atomic E-state index is 12.5. The first kappa shape index (κ1) is 19.2. The molecule has 4 heteroatoms. The van der Waals surface area contributed by atoms with Crippen molar-refractivity contribution in [3.05, 3.63) is 71.3 Å². The number of hydrogen-bond acceptors (Lipinski definition) is 3. The highest BCUT2D eigenvalue weighted by Gasteiger charge is 2.21. The lowest BCUT2D eigenvalue weighted by Gasteiger charge is -2.26. The van der Waals surface area contributed by atoms with Crippen molar-refractivity contribution >= 4 is 11.5 Å². The van der Waals surface area contributed by atoms with E-state index in [0.29, 0.717) is 0 Å². The third kappa shape index (κ3) is 4.22. The van der Waals surface area contributed by atoms with Crippen LogP contribution < -0.4 is 10.1 Å². The summed E-state index contributed by atoms with van der Waals surface area (Å²) in [5.41, 5.74) is 4.07. The van der Waals surface area contributed by atoms with Crippen molar-refractivity contribution in [2.45, 2.75) is 26.9 Å². The highest BCUT2D eigenvalue weighted by molar-refractivity contribution is 5.95. The van der Waals surface area contributed by atoms with Crippen LogP contribution in [0.3, 0.4) is 0 Å². The van der Waals surface area contributed by atoms with E-state index in [4.69, 9.17) is 4.74 Å². The number of para-hydroxylation sites is 1. The summed E-state index contributed by atoms with van der Waals surface area (Å²) in [5, 5.41) is 3.35. The van der Waals surface area contributed by atoms with Crippen LogP contribution in [0, 0.1) is 0 Å². The summed E-state index contributed by atoms with van der Waals surface area (Å²) in [6, 6.07) is 16.0. The van der Waals surface area contributed by atoms with Crippen LogP contribution >= 0.6 is 0 Å². The van der Waals surface area contributed by atoms with E-state index in [1.54, 1.807) is 0 Å². The smallest absolute Gasteiger partial charge is 0.253 e. The van der Waals surface area contributed by atoms with E-state index in [1.165, 1.54) is 0 Å². The van der Waals surface area contributed by atoms with Gasteiger partial charge in [0.2, 0.25) is 0 Å². The average molecular weight is 364 g/mol. The Morgan fingerprint density at radius 3 is 2.41 bits per heavy atom. The molecule has 3 rings (SSSR count). The summed E-state index contributed by atoms with van der Waals surface area (Å²) < 4.78 is 6.11. The molecular formula is C23H28N2O2. The zero-order valence-electron chi connectivity index (χ0n) is 16.4. The van der Waals surface area contributed by atoms with Gasteiger partial charge in [-0.05, 0) is 55.8 Å². The van der Waals surface area contributed by atoms with Gasteiger partial charge in [-0.2, -0.15) is 0 Å². The SMILES string of the molecule is CCNCC1C=C(c2ccc(C(=O)N(CC)CC)cc2)c2ccccc2O1. The molecule has 1 aliphatic rings. The van der Waals surface area contributed by atoms with E-state index in [-0.39, 0.29) is 12.0 Å². The molecule has 1 heterocycles. The second kappa shape index (κ2) is 8.87. The number of ether oxygens (including phenoxy) is 1. The van der Waals surface area contributed by atoms with E-state index < -0.39 is 0 Å². The summed E-state index contributed by atoms with van der Waals surface area (Å²) in [6.45, 7) is 9.22. The molecule has 142 valence electrons. The van der Waals surface area contributed by atoms with Gasteiger partial charge in [-0.15, -0.1) is 0 Å². The first-order chi connectivity index (χ1) is 13.2. The van der Waals surface area contributed by atoms with Crippen LogP contribution in [-0.4, -0.2) is 43.1 Å². The average Bonchev–Trinajstić information content (AvgIpc) is 2.72. The van der Waals surface area contributed by atoms with E-state index >= 15 is 0 Å². The third-order valence-corrected chi connectivity index (χ3v) is 4.90. The lowest BCUT2D eigenvalue weighted by atomic mass is 9.93. The second-order valence-electron chi connectivity index (χ2n) is 6.60. The predicted octanol–water partition coefficient (Wildman–Crippen LogP) is 3.97. The van der Waals surface area contributed by atoms with Crippen LogP contribution in [0.15, 0.2) is 54.6 Å². The molecule has 1 aliphatic heterocycles. The molecule has 0 radical (unpaired) electrons. The van der Waals surface area contributed by atoms with Gasteiger partial charge < -0.3 is 15.0 Å². The van der Waals surface area contributed by atoms with Crippen molar-refractivity contribution in [1.29, 1.82) is 0 Å². The molecule has 0 bridgehead atoms. The number of nitrogens with zero attached hydrogens (tertiary/aromatic N) is 1.